The Bertz CT molecular complexity index is 1230. The molecule has 1 atom stereocenters. The lowest BCUT2D eigenvalue weighted by Gasteiger charge is -2.09. The van der Waals surface area contributed by atoms with Gasteiger partial charge in [-0.25, -0.2) is 19.6 Å². The van der Waals surface area contributed by atoms with Crippen LogP contribution in [0.3, 0.4) is 0 Å². The summed E-state index contributed by atoms with van der Waals surface area (Å²) in [6, 6.07) is 7.50. The Balaban J connectivity index is 0.00000231. The molecular formula is C20H21ClN8OS. The van der Waals surface area contributed by atoms with Gasteiger partial charge in [-0.1, -0.05) is 12.1 Å². The smallest absolute Gasteiger partial charge is 0.257 e. The van der Waals surface area contributed by atoms with Gasteiger partial charge in [-0.15, -0.1) is 23.7 Å². The Labute approximate surface area is 188 Å². The van der Waals surface area contributed by atoms with Crippen molar-refractivity contribution in [1.29, 1.82) is 0 Å². The number of carbonyl (C=O) groups is 1. The Morgan fingerprint density at radius 1 is 1.26 bits per heavy atom. The summed E-state index contributed by atoms with van der Waals surface area (Å²) in [6.45, 7) is 3.74. The molecule has 11 heteroatoms. The molecule has 0 spiro atoms. The molecule has 31 heavy (non-hydrogen) atoms. The highest BCUT2D eigenvalue weighted by Gasteiger charge is 2.24. The van der Waals surface area contributed by atoms with Crippen LogP contribution in [0, 0.1) is 6.92 Å². The molecule has 0 aliphatic carbocycles. The van der Waals surface area contributed by atoms with E-state index in [1.54, 1.807) is 18.3 Å². The number of anilines is 2. The van der Waals surface area contributed by atoms with E-state index in [1.807, 2.05) is 23.7 Å². The third-order valence-electron chi connectivity index (χ3n) is 5.16. The summed E-state index contributed by atoms with van der Waals surface area (Å²) in [7, 11) is 0. The number of rotatable bonds is 4. The summed E-state index contributed by atoms with van der Waals surface area (Å²) in [5.74, 6) is 0.194. The number of carbonyl (C=O) groups excluding carboxylic acids is 1. The van der Waals surface area contributed by atoms with Gasteiger partial charge >= 0.3 is 0 Å². The number of thiazole rings is 1. The predicted octanol–water partition coefficient (Wildman–Crippen LogP) is 3.05. The van der Waals surface area contributed by atoms with Crippen molar-refractivity contribution in [3.05, 3.63) is 47.2 Å². The van der Waals surface area contributed by atoms with Crippen LogP contribution >= 0.6 is 23.7 Å². The normalized spacial score (nSPS) is 15.7. The molecule has 160 valence electrons. The van der Waals surface area contributed by atoms with Crippen molar-refractivity contribution < 1.29 is 4.79 Å². The third kappa shape index (κ3) is 3.97. The molecular weight excluding hydrogens is 436 g/mol. The zero-order valence-electron chi connectivity index (χ0n) is 16.7. The van der Waals surface area contributed by atoms with E-state index in [2.05, 4.69) is 25.6 Å². The van der Waals surface area contributed by atoms with Gasteiger partial charge in [0.1, 0.15) is 17.8 Å². The van der Waals surface area contributed by atoms with E-state index in [4.69, 9.17) is 10.8 Å². The minimum Gasteiger partial charge on any atom is -0.383 e. The summed E-state index contributed by atoms with van der Waals surface area (Å²) >= 11 is 1.44. The van der Waals surface area contributed by atoms with Crippen LogP contribution < -0.4 is 16.4 Å². The van der Waals surface area contributed by atoms with Gasteiger partial charge in [0.25, 0.3) is 5.91 Å². The van der Waals surface area contributed by atoms with Crippen LogP contribution in [0.2, 0.25) is 0 Å². The maximum absolute atomic E-state index is 12.5. The molecule has 4 N–H and O–H groups in total. The van der Waals surface area contributed by atoms with Crippen molar-refractivity contribution in [2.24, 2.45) is 0 Å². The van der Waals surface area contributed by atoms with Crippen molar-refractivity contribution in [2.75, 3.05) is 24.1 Å². The molecule has 1 aliphatic heterocycles. The minimum absolute atomic E-state index is 0. The maximum atomic E-state index is 12.5. The fourth-order valence-electron chi connectivity index (χ4n) is 3.66. The largest absolute Gasteiger partial charge is 0.383 e. The van der Waals surface area contributed by atoms with Gasteiger partial charge in [0.2, 0.25) is 0 Å². The summed E-state index contributed by atoms with van der Waals surface area (Å²) in [5, 5.41) is 12.3. The van der Waals surface area contributed by atoms with Crippen LogP contribution in [0.25, 0.3) is 22.3 Å². The van der Waals surface area contributed by atoms with Crippen LogP contribution in [0.5, 0.6) is 0 Å². The van der Waals surface area contributed by atoms with E-state index in [0.29, 0.717) is 16.5 Å². The molecule has 4 aromatic rings. The Morgan fingerprint density at radius 2 is 2.06 bits per heavy atom. The zero-order chi connectivity index (χ0) is 20.7. The van der Waals surface area contributed by atoms with Gasteiger partial charge < -0.3 is 11.1 Å². The first kappa shape index (κ1) is 21.2. The summed E-state index contributed by atoms with van der Waals surface area (Å²) in [5.41, 5.74) is 9.03. The fraction of sp³-hybridized carbons (Fsp3) is 0.250. The van der Waals surface area contributed by atoms with Gasteiger partial charge in [-0.2, -0.15) is 5.10 Å². The van der Waals surface area contributed by atoms with Crippen LogP contribution in [-0.4, -0.2) is 43.7 Å². The molecule has 3 aromatic heterocycles. The number of amides is 1. The topological polar surface area (TPSA) is 124 Å². The van der Waals surface area contributed by atoms with Crippen LogP contribution in [0.1, 0.15) is 27.7 Å². The second-order valence-corrected chi connectivity index (χ2v) is 8.44. The molecule has 1 fully saturated rings. The molecule has 5 rings (SSSR count). The number of hydrogen-bond acceptors (Lipinski definition) is 8. The fourth-order valence-corrected chi connectivity index (χ4v) is 4.32. The number of hydrogen-bond donors (Lipinski definition) is 3. The zero-order valence-corrected chi connectivity index (χ0v) is 18.3. The van der Waals surface area contributed by atoms with Crippen molar-refractivity contribution in [1.82, 2.24) is 30.0 Å². The Kier molecular flexibility index (Phi) is 5.86. The van der Waals surface area contributed by atoms with Crippen molar-refractivity contribution in [3.8, 4) is 11.3 Å². The third-order valence-corrected chi connectivity index (χ3v) is 5.99. The number of nitrogens with zero attached hydrogens (tertiary/aromatic N) is 5. The molecule has 1 saturated heterocycles. The number of nitrogens with one attached hydrogen (secondary N) is 2. The molecule has 4 heterocycles. The number of nitrogens with two attached hydrogens (primary N) is 1. The number of aryl methyl sites for hydroxylation is 1. The van der Waals surface area contributed by atoms with Crippen LogP contribution in [0.15, 0.2) is 36.8 Å². The molecule has 1 aromatic carbocycles. The summed E-state index contributed by atoms with van der Waals surface area (Å²) in [6.07, 6.45) is 4.18. The second-order valence-electron chi connectivity index (χ2n) is 7.20. The molecule has 0 saturated carbocycles. The Hall–Kier alpha value is -3.08. The van der Waals surface area contributed by atoms with E-state index in [9.17, 15) is 4.79 Å². The molecule has 9 nitrogen and oxygen atoms in total. The lowest BCUT2D eigenvalue weighted by molar-refractivity contribution is 0.102. The number of fused-ring (bicyclic) bond motifs is 1. The highest BCUT2D eigenvalue weighted by Crippen LogP contribution is 2.32. The monoisotopic (exact) mass is 456 g/mol. The SMILES string of the molecule is Cc1cnc(NC(=O)c2ccc(-c3nn([C@@H]4CCNC4)c4ncnc(N)c34)cc2)s1.Cl. The van der Waals surface area contributed by atoms with Gasteiger partial charge in [0, 0.05) is 28.7 Å². The van der Waals surface area contributed by atoms with Gasteiger partial charge in [0.15, 0.2) is 10.8 Å². The van der Waals surface area contributed by atoms with E-state index in [0.717, 1.165) is 46.7 Å². The highest BCUT2D eigenvalue weighted by atomic mass is 35.5. The first-order valence-electron chi connectivity index (χ1n) is 9.64. The molecule has 1 aliphatic rings. The van der Waals surface area contributed by atoms with Gasteiger partial charge in [0.05, 0.1) is 11.4 Å². The van der Waals surface area contributed by atoms with Crippen molar-refractivity contribution in [2.45, 2.75) is 19.4 Å². The average molecular weight is 457 g/mol. The predicted molar refractivity (Wildman–Crippen MR) is 124 cm³/mol. The molecule has 0 radical (unpaired) electrons. The number of halogens is 1. The number of aromatic nitrogens is 5. The quantitative estimate of drug-likeness (QED) is 0.431. The lowest BCUT2D eigenvalue weighted by Crippen LogP contribution is -2.15. The summed E-state index contributed by atoms with van der Waals surface area (Å²) < 4.78 is 1.94. The van der Waals surface area contributed by atoms with Gasteiger partial charge in [-0.05, 0) is 32.0 Å². The Morgan fingerprint density at radius 3 is 2.74 bits per heavy atom. The van der Waals surface area contributed by atoms with E-state index >= 15 is 0 Å². The van der Waals surface area contributed by atoms with E-state index in [-0.39, 0.29) is 24.4 Å². The van der Waals surface area contributed by atoms with Crippen molar-refractivity contribution in [3.63, 3.8) is 0 Å². The lowest BCUT2D eigenvalue weighted by atomic mass is 10.1. The van der Waals surface area contributed by atoms with E-state index < -0.39 is 0 Å². The molecule has 1 amide bonds. The first-order chi connectivity index (χ1) is 14.6. The molecule has 0 unspecified atom stereocenters. The molecule has 0 bridgehead atoms. The maximum Gasteiger partial charge on any atom is 0.257 e. The number of benzene rings is 1. The average Bonchev–Trinajstić information content (AvgIpc) is 3.48. The minimum atomic E-state index is -0.203. The highest BCUT2D eigenvalue weighted by molar-refractivity contribution is 7.15. The van der Waals surface area contributed by atoms with E-state index in [1.165, 1.54) is 17.7 Å². The van der Waals surface area contributed by atoms with Crippen molar-refractivity contribution >= 4 is 51.6 Å². The van der Waals surface area contributed by atoms with Crippen LogP contribution in [-0.2, 0) is 0 Å². The van der Waals surface area contributed by atoms with Crippen LogP contribution in [0.4, 0.5) is 10.9 Å². The summed E-state index contributed by atoms with van der Waals surface area (Å²) in [4.78, 5) is 26.3. The number of nitrogen functional groups attached to an aromatic ring is 1. The standard InChI is InChI=1S/C20H20N8OS.ClH/c1-11-8-23-20(30-11)26-19(29)13-4-2-12(3-5-13)16-15-17(21)24-10-25-18(15)28(27-16)14-6-7-22-9-14;/h2-5,8,10,14,22H,6-7,9H2,1H3,(H2,21,24,25)(H,23,26,29);1H/t14-;/m1./s1. The first-order valence-corrected chi connectivity index (χ1v) is 10.5. The van der Waals surface area contributed by atoms with Gasteiger partial charge in [-0.3, -0.25) is 10.1 Å². The second kappa shape index (κ2) is 8.58.